The van der Waals surface area contributed by atoms with Gasteiger partial charge in [-0.2, -0.15) is 0 Å². The molecule has 1 N–H and O–H groups in total. The predicted molar refractivity (Wildman–Crippen MR) is 146 cm³/mol. The van der Waals surface area contributed by atoms with Gasteiger partial charge in [-0.15, -0.1) is 0 Å². The van der Waals surface area contributed by atoms with Crippen molar-refractivity contribution in [2.24, 2.45) is 0 Å². The number of carbonyl (C=O) groups is 3. The van der Waals surface area contributed by atoms with E-state index in [4.69, 9.17) is 9.47 Å². The molecule has 0 atom stereocenters. The zero-order valence-electron chi connectivity index (χ0n) is 20.3. The highest BCUT2D eigenvalue weighted by Gasteiger charge is 2.37. The molecule has 1 fully saturated rings. The van der Waals surface area contributed by atoms with Crippen LogP contribution in [-0.4, -0.2) is 25.0 Å². The molecule has 0 bridgehead atoms. The van der Waals surface area contributed by atoms with Crippen LogP contribution in [0.1, 0.15) is 27.8 Å². The van der Waals surface area contributed by atoms with Crippen LogP contribution in [0.5, 0.6) is 11.5 Å². The second-order valence-corrected chi connectivity index (χ2v) is 9.73. The molecule has 0 unspecified atom stereocenters. The van der Waals surface area contributed by atoms with Gasteiger partial charge in [-0.05, 0) is 84.3 Å². The number of ether oxygens (including phenoxy) is 2. The highest BCUT2D eigenvalue weighted by molar-refractivity contribution is 14.1. The van der Waals surface area contributed by atoms with Crippen LogP contribution >= 0.6 is 22.6 Å². The number of halogens is 1. The Bertz CT molecular complexity index is 1390. The second kappa shape index (κ2) is 10.5. The van der Waals surface area contributed by atoms with Gasteiger partial charge in [-0.25, -0.2) is 9.69 Å². The molecule has 8 heteroatoms. The smallest absolute Gasteiger partial charge is 0.335 e. The maximum absolute atomic E-state index is 13.2. The number of aryl methyl sites for hydroxylation is 3. The van der Waals surface area contributed by atoms with Crippen LogP contribution in [0.4, 0.5) is 10.5 Å². The molecule has 1 aliphatic rings. The maximum atomic E-state index is 13.2. The van der Waals surface area contributed by atoms with Gasteiger partial charge < -0.3 is 9.47 Å². The third-order valence-corrected chi connectivity index (χ3v) is 6.49. The molecule has 0 aromatic heterocycles. The Morgan fingerprint density at radius 2 is 1.67 bits per heavy atom. The summed E-state index contributed by atoms with van der Waals surface area (Å²) in [6.07, 6.45) is 1.45. The van der Waals surface area contributed by atoms with Gasteiger partial charge in [-0.3, -0.25) is 14.9 Å². The van der Waals surface area contributed by atoms with Crippen LogP contribution in [0.2, 0.25) is 0 Å². The average Bonchev–Trinajstić information content (AvgIpc) is 2.81. The number of carbonyl (C=O) groups excluding carboxylic acids is 3. The predicted octanol–water partition coefficient (Wildman–Crippen LogP) is 5.47. The molecule has 1 saturated heterocycles. The Morgan fingerprint density at radius 1 is 0.972 bits per heavy atom. The topological polar surface area (TPSA) is 84.9 Å². The number of hydrogen-bond donors (Lipinski definition) is 1. The van der Waals surface area contributed by atoms with Gasteiger partial charge in [-0.1, -0.05) is 47.5 Å². The Balaban J connectivity index is 1.65. The van der Waals surface area contributed by atoms with Crippen LogP contribution in [0.25, 0.3) is 6.08 Å². The minimum Gasteiger partial charge on any atom is -0.493 e. The molecule has 1 aliphatic heterocycles. The van der Waals surface area contributed by atoms with Gasteiger partial charge in [0.2, 0.25) is 0 Å². The SMILES string of the molecule is COc1cc(/C=C2\C(=O)NC(=O)N(c3ccccc3C)C2=O)cc(I)c1OCc1cc(C)cc(C)c1. The van der Waals surface area contributed by atoms with Gasteiger partial charge in [0.1, 0.15) is 12.2 Å². The van der Waals surface area contributed by atoms with Gasteiger partial charge in [0.15, 0.2) is 11.5 Å². The van der Waals surface area contributed by atoms with Crippen molar-refractivity contribution in [3.05, 3.63) is 91.6 Å². The number of para-hydroxylation sites is 1. The summed E-state index contributed by atoms with van der Waals surface area (Å²) in [6, 6.07) is 15.9. The van der Waals surface area contributed by atoms with E-state index in [9.17, 15) is 14.4 Å². The lowest BCUT2D eigenvalue weighted by Gasteiger charge is -2.27. The number of imide groups is 2. The van der Waals surface area contributed by atoms with Crippen molar-refractivity contribution < 1.29 is 23.9 Å². The zero-order valence-corrected chi connectivity index (χ0v) is 22.5. The Kier molecular flexibility index (Phi) is 7.44. The summed E-state index contributed by atoms with van der Waals surface area (Å²) in [4.78, 5) is 39.3. The van der Waals surface area contributed by atoms with E-state index < -0.39 is 17.8 Å². The van der Waals surface area contributed by atoms with E-state index >= 15 is 0 Å². The lowest BCUT2D eigenvalue weighted by Crippen LogP contribution is -2.54. The van der Waals surface area contributed by atoms with Crippen LogP contribution in [0.15, 0.2) is 60.2 Å². The number of hydrogen-bond acceptors (Lipinski definition) is 5. The van der Waals surface area contributed by atoms with E-state index in [-0.39, 0.29) is 5.57 Å². The molecular weight excluding hydrogens is 571 g/mol. The molecule has 4 amide bonds. The van der Waals surface area contributed by atoms with Crippen molar-refractivity contribution >= 4 is 52.2 Å². The molecule has 0 aliphatic carbocycles. The third-order valence-electron chi connectivity index (χ3n) is 5.69. The summed E-state index contributed by atoms with van der Waals surface area (Å²) >= 11 is 2.13. The van der Waals surface area contributed by atoms with Gasteiger partial charge in [0, 0.05) is 0 Å². The summed E-state index contributed by atoms with van der Waals surface area (Å²) in [6.45, 7) is 6.24. The van der Waals surface area contributed by atoms with Crippen molar-refractivity contribution in [2.45, 2.75) is 27.4 Å². The molecule has 0 spiro atoms. The number of nitrogens with zero attached hydrogens (tertiary/aromatic N) is 1. The van der Waals surface area contributed by atoms with Crippen LogP contribution in [0, 0.1) is 24.3 Å². The quantitative estimate of drug-likeness (QED) is 0.232. The fraction of sp³-hybridized carbons (Fsp3) is 0.179. The highest BCUT2D eigenvalue weighted by Crippen LogP contribution is 2.36. The highest BCUT2D eigenvalue weighted by atomic mass is 127. The Hall–Kier alpha value is -3.66. The average molecular weight is 596 g/mol. The number of rotatable bonds is 6. The van der Waals surface area contributed by atoms with Crippen molar-refractivity contribution in [1.29, 1.82) is 0 Å². The second-order valence-electron chi connectivity index (χ2n) is 8.56. The van der Waals surface area contributed by atoms with Gasteiger partial charge >= 0.3 is 6.03 Å². The van der Waals surface area contributed by atoms with Crippen LogP contribution in [-0.2, 0) is 16.2 Å². The first-order valence-corrected chi connectivity index (χ1v) is 12.3. The lowest BCUT2D eigenvalue weighted by molar-refractivity contribution is -0.122. The number of amides is 4. The van der Waals surface area contributed by atoms with E-state index in [1.54, 1.807) is 37.3 Å². The molecule has 184 valence electrons. The van der Waals surface area contributed by atoms with Gasteiger partial charge in [0.25, 0.3) is 11.8 Å². The zero-order chi connectivity index (χ0) is 26.0. The van der Waals surface area contributed by atoms with Crippen molar-refractivity contribution in [3.63, 3.8) is 0 Å². The fourth-order valence-corrected chi connectivity index (χ4v) is 4.91. The Labute approximate surface area is 223 Å². The van der Waals surface area contributed by atoms with E-state index in [0.29, 0.717) is 29.4 Å². The van der Waals surface area contributed by atoms with Gasteiger partial charge in [0.05, 0.1) is 16.4 Å². The summed E-state index contributed by atoms with van der Waals surface area (Å²) in [5.41, 5.74) is 4.92. The van der Waals surface area contributed by atoms with Crippen molar-refractivity contribution in [1.82, 2.24) is 5.32 Å². The first-order valence-electron chi connectivity index (χ1n) is 11.2. The van der Waals surface area contributed by atoms with E-state index in [1.165, 1.54) is 13.2 Å². The molecule has 3 aromatic carbocycles. The molecule has 7 nitrogen and oxygen atoms in total. The monoisotopic (exact) mass is 596 g/mol. The minimum atomic E-state index is -0.779. The number of methoxy groups -OCH3 is 1. The largest absolute Gasteiger partial charge is 0.493 e. The first kappa shape index (κ1) is 25.4. The van der Waals surface area contributed by atoms with Crippen molar-refractivity contribution in [3.8, 4) is 11.5 Å². The van der Waals surface area contributed by atoms with Crippen LogP contribution < -0.4 is 19.7 Å². The molecular formula is C28H25IN2O5. The fourth-order valence-electron chi connectivity index (χ4n) is 4.13. The number of benzene rings is 3. The normalized spacial score (nSPS) is 14.8. The summed E-state index contributed by atoms with van der Waals surface area (Å²) in [5.74, 6) is -0.412. The third kappa shape index (κ3) is 5.28. The Morgan fingerprint density at radius 3 is 2.33 bits per heavy atom. The van der Waals surface area contributed by atoms with E-state index in [0.717, 1.165) is 30.7 Å². The minimum absolute atomic E-state index is 0.153. The number of anilines is 1. The molecule has 1 heterocycles. The molecule has 3 aromatic rings. The molecule has 4 rings (SSSR count). The maximum Gasteiger partial charge on any atom is 0.335 e. The summed E-state index contributed by atoms with van der Waals surface area (Å²) < 4.78 is 12.4. The number of urea groups is 1. The number of barbiturate groups is 1. The summed E-state index contributed by atoms with van der Waals surface area (Å²) in [5, 5.41) is 2.26. The first-order chi connectivity index (χ1) is 17.2. The standard InChI is InChI=1S/C28H25IN2O5/c1-16-9-17(2)11-20(10-16)15-36-25-22(29)13-19(14-24(25)35-4)12-21-26(32)30-28(34)31(27(21)33)23-8-6-5-7-18(23)3/h5-14H,15H2,1-4H3,(H,30,32,34)/b21-12+. The molecule has 0 radical (unpaired) electrons. The molecule has 0 saturated carbocycles. The van der Waals surface area contributed by atoms with Crippen molar-refractivity contribution in [2.75, 3.05) is 12.0 Å². The number of nitrogens with one attached hydrogen (secondary N) is 1. The lowest BCUT2D eigenvalue weighted by atomic mass is 10.1. The summed E-state index contributed by atoms with van der Waals surface area (Å²) in [7, 11) is 1.53. The van der Waals surface area contributed by atoms with Crippen LogP contribution in [0.3, 0.4) is 0 Å². The molecule has 36 heavy (non-hydrogen) atoms. The van der Waals surface area contributed by atoms with E-state index in [1.807, 2.05) is 19.9 Å². The van der Waals surface area contributed by atoms with E-state index in [2.05, 4.69) is 46.1 Å².